The predicted molar refractivity (Wildman–Crippen MR) is 160 cm³/mol. The summed E-state index contributed by atoms with van der Waals surface area (Å²) in [4.78, 5) is 23.0. The van der Waals surface area contributed by atoms with Crippen molar-refractivity contribution in [3.8, 4) is 0 Å². The number of esters is 1. The zero-order chi connectivity index (χ0) is 30.3. The summed E-state index contributed by atoms with van der Waals surface area (Å²) in [6, 6.07) is 2.86. The zero-order valence-corrected chi connectivity index (χ0v) is 25.5. The van der Waals surface area contributed by atoms with Crippen LogP contribution in [0.3, 0.4) is 0 Å². The molecule has 1 aliphatic rings. The summed E-state index contributed by atoms with van der Waals surface area (Å²) in [5, 5.41) is 33.8. The van der Waals surface area contributed by atoms with E-state index in [0.29, 0.717) is 37.1 Å². The number of aliphatic hydroxyl groups excluding tert-OH is 3. The maximum atomic E-state index is 12.2. The van der Waals surface area contributed by atoms with Crippen LogP contribution in [0.4, 0.5) is 5.00 Å². The lowest BCUT2D eigenvalue weighted by Crippen LogP contribution is -2.20. The quantitative estimate of drug-likeness (QED) is 0.0822. The van der Waals surface area contributed by atoms with Gasteiger partial charge in [0.1, 0.15) is 4.21 Å². The second kappa shape index (κ2) is 18.2. The van der Waals surface area contributed by atoms with Crippen LogP contribution in [0.1, 0.15) is 78.1 Å². The van der Waals surface area contributed by atoms with E-state index in [1.54, 1.807) is 6.08 Å². The van der Waals surface area contributed by atoms with Crippen molar-refractivity contribution in [1.82, 2.24) is 0 Å². The number of nitrogens with one attached hydrogen (secondary N) is 1. The summed E-state index contributed by atoms with van der Waals surface area (Å²) in [6.45, 7) is 3.46. The molecule has 1 saturated carbocycles. The van der Waals surface area contributed by atoms with Gasteiger partial charge in [-0.2, -0.15) is 12.8 Å². The normalized spacial score (nSPS) is 22.2. The SMILES string of the molecule is CCCCC[C@H](O)/C=C/[C@@H]1[C@@H](C/C=C\CCCC(=O)OCCC=NS(=O)(=O)c2ccc(NC(C)=O)s2)[C@@H](O)C[C@H]1O. The number of allylic oxidation sites excluding steroid dienone is 2. The van der Waals surface area contributed by atoms with Crippen LogP contribution in [-0.2, 0) is 24.3 Å². The fraction of sp³-hybridized carbons (Fsp3) is 0.621. The first kappa shape index (κ1) is 34.8. The Morgan fingerprint density at radius 2 is 1.95 bits per heavy atom. The van der Waals surface area contributed by atoms with Crippen molar-refractivity contribution in [2.45, 2.75) is 101 Å². The van der Waals surface area contributed by atoms with Gasteiger partial charge in [-0.25, -0.2) is 0 Å². The first-order valence-electron chi connectivity index (χ1n) is 14.2. The topological polar surface area (TPSA) is 163 Å². The first-order chi connectivity index (χ1) is 19.5. The number of rotatable bonds is 18. The van der Waals surface area contributed by atoms with E-state index in [0.717, 1.165) is 30.6 Å². The highest BCUT2D eigenvalue weighted by molar-refractivity contribution is 7.92. The average Bonchev–Trinajstić information content (AvgIpc) is 3.48. The summed E-state index contributed by atoms with van der Waals surface area (Å²) >= 11 is 0.904. The summed E-state index contributed by atoms with van der Waals surface area (Å²) in [6.07, 6.45) is 13.2. The van der Waals surface area contributed by atoms with Crippen molar-refractivity contribution in [2.24, 2.45) is 16.2 Å². The van der Waals surface area contributed by atoms with Crippen LogP contribution in [0.15, 0.2) is 45.0 Å². The minimum absolute atomic E-state index is 0.00440. The van der Waals surface area contributed by atoms with Gasteiger partial charge in [-0.3, -0.25) is 9.59 Å². The molecule has 0 unspecified atom stereocenters. The van der Waals surface area contributed by atoms with E-state index in [2.05, 4.69) is 16.6 Å². The molecule has 0 saturated heterocycles. The highest BCUT2D eigenvalue weighted by Gasteiger charge is 2.39. The van der Waals surface area contributed by atoms with Gasteiger partial charge in [-0.1, -0.05) is 50.5 Å². The third kappa shape index (κ3) is 13.0. The van der Waals surface area contributed by atoms with E-state index in [1.807, 2.05) is 18.2 Å². The Bertz CT molecular complexity index is 1150. The number of carbonyl (C=O) groups excluding carboxylic acids is 2. The van der Waals surface area contributed by atoms with Gasteiger partial charge in [0, 0.05) is 38.3 Å². The molecule has 1 aromatic heterocycles. The molecule has 1 aliphatic carbocycles. The molecule has 0 aromatic carbocycles. The number of nitrogens with zero attached hydrogens (tertiary/aromatic N) is 1. The number of hydrogen-bond donors (Lipinski definition) is 4. The number of amides is 1. The molecule has 0 bridgehead atoms. The largest absolute Gasteiger partial charge is 0.465 e. The van der Waals surface area contributed by atoms with E-state index in [9.17, 15) is 33.3 Å². The minimum atomic E-state index is -3.88. The molecule has 0 spiro atoms. The first-order valence-corrected chi connectivity index (χ1v) is 16.5. The summed E-state index contributed by atoms with van der Waals surface area (Å²) in [5.41, 5.74) is 0. The fourth-order valence-corrected chi connectivity index (χ4v) is 6.75. The number of anilines is 1. The van der Waals surface area contributed by atoms with E-state index in [4.69, 9.17) is 4.74 Å². The van der Waals surface area contributed by atoms with Crippen LogP contribution in [0, 0.1) is 11.8 Å². The van der Waals surface area contributed by atoms with Gasteiger partial charge in [-0.15, -0.1) is 11.3 Å². The standard InChI is InChI=1S/C29H44N2O8S2/c1-3-4-7-11-22(33)14-15-24-23(25(34)20-26(24)35)12-8-5-6-9-13-28(36)39-19-10-18-30-41(37,38)29-17-16-27(40-29)31-21(2)32/h5,8,14-18,22-26,33-35H,3-4,6-7,9-13,19-20H2,1-2H3,(H,31,32)/b8-5-,15-14+,30-18?/t22-,23+,24+,25-,26+/m0/s1. The molecule has 0 aliphatic heterocycles. The minimum Gasteiger partial charge on any atom is -0.465 e. The lowest BCUT2D eigenvalue weighted by Gasteiger charge is -2.19. The van der Waals surface area contributed by atoms with Gasteiger partial charge in [0.15, 0.2) is 0 Å². The molecule has 2 rings (SSSR count). The Hall–Kier alpha value is -2.38. The number of ether oxygens (including phenoxy) is 1. The lowest BCUT2D eigenvalue weighted by atomic mass is 9.89. The molecule has 10 nitrogen and oxygen atoms in total. The van der Waals surface area contributed by atoms with Crippen molar-refractivity contribution < 1.29 is 38.1 Å². The smallest absolute Gasteiger partial charge is 0.305 e. The highest BCUT2D eigenvalue weighted by atomic mass is 32.2. The number of carbonyl (C=O) groups is 2. The second-order valence-electron chi connectivity index (χ2n) is 10.2. The molecule has 5 atom stereocenters. The summed E-state index contributed by atoms with van der Waals surface area (Å²) in [7, 11) is -3.88. The molecule has 41 heavy (non-hydrogen) atoms. The van der Waals surface area contributed by atoms with Crippen LogP contribution in [0.5, 0.6) is 0 Å². The van der Waals surface area contributed by atoms with Gasteiger partial charge in [-0.05, 0) is 43.7 Å². The molecular weight excluding hydrogens is 568 g/mol. The van der Waals surface area contributed by atoms with Crippen LogP contribution < -0.4 is 5.32 Å². The van der Waals surface area contributed by atoms with Crippen molar-refractivity contribution in [3.05, 3.63) is 36.4 Å². The van der Waals surface area contributed by atoms with Crippen molar-refractivity contribution in [1.29, 1.82) is 0 Å². The van der Waals surface area contributed by atoms with Crippen LogP contribution in [0.25, 0.3) is 0 Å². The van der Waals surface area contributed by atoms with E-state index >= 15 is 0 Å². The van der Waals surface area contributed by atoms with Gasteiger partial charge >= 0.3 is 5.97 Å². The van der Waals surface area contributed by atoms with Crippen LogP contribution in [-0.4, -0.2) is 66.7 Å². The second-order valence-corrected chi connectivity index (χ2v) is 13.2. The predicted octanol–water partition coefficient (Wildman–Crippen LogP) is 4.37. The van der Waals surface area contributed by atoms with Crippen molar-refractivity contribution >= 4 is 44.5 Å². The zero-order valence-electron chi connectivity index (χ0n) is 23.9. The fourth-order valence-electron chi connectivity index (χ4n) is 4.60. The van der Waals surface area contributed by atoms with E-state index < -0.39 is 28.3 Å². The van der Waals surface area contributed by atoms with Crippen LogP contribution >= 0.6 is 11.3 Å². The Balaban J connectivity index is 1.65. The Morgan fingerprint density at radius 1 is 1.17 bits per heavy atom. The Labute approximate surface area is 247 Å². The molecule has 230 valence electrons. The number of sulfonamides is 1. The number of aliphatic hydroxyl groups is 3. The van der Waals surface area contributed by atoms with Crippen molar-refractivity contribution in [2.75, 3.05) is 11.9 Å². The molecule has 1 fully saturated rings. The summed E-state index contributed by atoms with van der Waals surface area (Å²) in [5.74, 6) is -1.02. The number of unbranched alkanes of at least 4 members (excludes halogenated alkanes) is 3. The van der Waals surface area contributed by atoms with Gasteiger partial charge in [0.2, 0.25) is 5.91 Å². The number of hydrogen-bond acceptors (Lipinski definition) is 9. The lowest BCUT2D eigenvalue weighted by molar-refractivity contribution is -0.143. The molecule has 12 heteroatoms. The van der Waals surface area contributed by atoms with Gasteiger partial charge in [0.05, 0.1) is 29.9 Å². The van der Waals surface area contributed by atoms with Gasteiger partial charge < -0.3 is 25.4 Å². The molecule has 1 heterocycles. The molecule has 1 aromatic rings. The van der Waals surface area contributed by atoms with Crippen molar-refractivity contribution in [3.63, 3.8) is 0 Å². The van der Waals surface area contributed by atoms with E-state index in [1.165, 1.54) is 25.3 Å². The third-order valence-corrected chi connectivity index (χ3v) is 9.51. The Kier molecular flexibility index (Phi) is 15.5. The third-order valence-electron chi connectivity index (χ3n) is 6.76. The molecule has 4 N–H and O–H groups in total. The van der Waals surface area contributed by atoms with E-state index in [-0.39, 0.29) is 47.4 Å². The molecule has 0 radical (unpaired) electrons. The van der Waals surface area contributed by atoms with Crippen LogP contribution in [0.2, 0.25) is 0 Å². The maximum Gasteiger partial charge on any atom is 0.305 e. The average molecular weight is 613 g/mol. The number of thiophene rings is 1. The summed E-state index contributed by atoms with van der Waals surface area (Å²) < 4.78 is 33.2. The molecule has 1 amide bonds. The molecular formula is C29H44N2O8S2. The highest BCUT2D eigenvalue weighted by Crippen LogP contribution is 2.36. The Morgan fingerprint density at radius 3 is 2.68 bits per heavy atom. The monoisotopic (exact) mass is 612 g/mol. The maximum absolute atomic E-state index is 12.2. The van der Waals surface area contributed by atoms with Gasteiger partial charge in [0.25, 0.3) is 10.0 Å².